The molecule has 6 nitrogen and oxygen atoms in total. The highest BCUT2D eigenvalue weighted by molar-refractivity contribution is 6.31. The van der Waals surface area contributed by atoms with Crippen LogP contribution in [-0.4, -0.2) is 25.5 Å². The number of benzene rings is 2. The lowest BCUT2D eigenvalue weighted by atomic mass is 10.1. The van der Waals surface area contributed by atoms with Gasteiger partial charge in [-0.25, -0.2) is 0 Å². The number of amides is 2. The fourth-order valence-electron chi connectivity index (χ4n) is 2.33. The van der Waals surface area contributed by atoms with E-state index in [1.165, 1.54) is 7.11 Å². The summed E-state index contributed by atoms with van der Waals surface area (Å²) in [6, 6.07) is 10.4. The van der Waals surface area contributed by atoms with Crippen molar-refractivity contribution >= 4 is 41.5 Å². The zero-order valence-electron chi connectivity index (χ0n) is 15.2. The van der Waals surface area contributed by atoms with Gasteiger partial charge in [0.15, 0.2) is 0 Å². The molecule has 0 unspecified atom stereocenters. The average Bonchev–Trinajstić information content (AvgIpc) is 2.64. The number of anilines is 1. The van der Waals surface area contributed by atoms with E-state index in [0.29, 0.717) is 28.6 Å². The molecule has 2 aromatic carbocycles. The molecule has 2 amide bonds. The number of hydrogen-bond acceptors (Lipinski definition) is 4. The SMILES string of the molecule is COc1cc(Cl)c(C)cc1NC(=O)CCNC(=O)c1ccc(CN)cc1.Cl. The minimum atomic E-state index is -0.235. The molecule has 0 spiro atoms. The highest BCUT2D eigenvalue weighted by Crippen LogP contribution is 2.30. The minimum Gasteiger partial charge on any atom is -0.495 e. The Morgan fingerprint density at radius 3 is 2.44 bits per heavy atom. The normalized spacial score (nSPS) is 9.93. The van der Waals surface area contributed by atoms with Crippen LogP contribution in [0.3, 0.4) is 0 Å². The smallest absolute Gasteiger partial charge is 0.251 e. The standard InChI is InChI=1S/C19H22ClN3O3.ClH/c1-12-9-16(17(26-2)10-15(12)20)23-18(24)7-8-22-19(25)14-5-3-13(11-21)4-6-14;/h3-6,9-10H,7-8,11,21H2,1-2H3,(H,22,25)(H,23,24);1H. The number of ether oxygens (including phenoxy) is 1. The van der Waals surface area contributed by atoms with Gasteiger partial charge in [0.1, 0.15) is 5.75 Å². The van der Waals surface area contributed by atoms with Crippen LogP contribution in [0.1, 0.15) is 27.9 Å². The summed E-state index contributed by atoms with van der Waals surface area (Å²) in [6.07, 6.45) is 0.136. The van der Waals surface area contributed by atoms with Crippen molar-refractivity contribution < 1.29 is 14.3 Å². The van der Waals surface area contributed by atoms with Crippen molar-refractivity contribution in [3.8, 4) is 5.75 Å². The molecule has 0 aliphatic carbocycles. The fourth-order valence-corrected chi connectivity index (χ4v) is 2.48. The molecule has 0 aliphatic heterocycles. The summed E-state index contributed by atoms with van der Waals surface area (Å²) in [5.41, 5.74) is 8.38. The van der Waals surface area contributed by atoms with Gasteiger partial charge < -0.3 is 21.1 Å². The van der Waals surface area contributed by atoms with Gasteiger partial charge in [-0.3, -0.25) is 9.59 Å². The second kappa shape index (κ2) is 10.8. The maximum absolute atomic E-state index is 12.1. The summed E-state index contributed by atoms with van der Waals surface area (Å²) in [6.45, 7) is 2.49. The van der Waals surface area contributed by atoms with E-state index in [-0.39, 0.29) is 37.2 Å². The van der Waals surface area contributed by atoms with Crippen LogP contribution in [0.4, 0.5) is 5.69 Å². The van der Waals surface area contributed by atoms with Gasteiger partial charge >= 0.3 is 0 Å². The molecule has 4 N–H and O–H groups in total. The summed E-state index contributed by atoms with van der Waals surface area (Å²) in [5.74, 6) is 0.0167. The molecule has 0 saturated heterocycles. The van der Waals surface area contributed by atoms with E-state index in [4.69, 9.17) is 22.1 Å². The number of carbonyl (C=O) groups is 2. The van der Waals surface area contributed by atoms with Gasteiger partial charge in [0.25, 0.3) is 5.91 Å². The van der Waals surface area contributed by atoms with Crippen LogP contribution in [0.2, 0.25) is 5.02 Å². The summed E-state index contributed by atoms with van der Waals surface area (Å²) >= 11 is 6.05. The summed E-state index contributed by atoms with van der Waals surface area (Å²) in [5, 5.41) is 6.05. The van der Waals surface area contributed by atoms with Gasteiger partial charge in [0.05, 0.1) is 12.8 Å². The molecule has 0 heterocycles. The number of nitrogens with one attached hydrogen (secondary N) is 2. The zero-order chi connectivity index (χ0) is 19.1. The number of methoxy groups -OCH3 is 1. The number of carbonyl (C=O) groups excluding carboxylic acids is 2. The number of aryl methyl sites for hydroxylation is 1. The Hall–Kier alpha value is -2.28. The average molecular weight is 412 g/mol. The predicted molar refractivity (Wildman–Crippen MR) is 110 cm³/mol. The second-order valence-corrected chi connectivity index (χ2v) is 6.16. The van der Waals surface area contributed by atoms with Crippen LogP contribution in [0, 0.1) is 6.92 Å². The predicted octanol–water partition coefficient (Wildman–Crippen LogP) is 3.30. The molecule has 27 heavy (non-hydrogen) atoms. The Balaban J connectivity index is 0.00000364. The Bertz CT molecular complexity index is 796. The van der Waals surface area contributed by atoms with Gasteiger partial charge in [-0.1, -0.05) is 23.7 Å². The summed E-state index contributed by atoms with van der Waals surface area (Å²) in [4.78, 5) is 24.2. The molecule has 8 heteroatoms. The lowest BCUT2D eigenvalue weighted by molar-refractivity contribution is -0.116. The van der Waals surface area contributed by atoms with Crippen molar-refractivity contribution in [3.63, 3.8) is 0 Å². The number of nitrogens with two attached hydrogens (primary N) is 1. The molecule has 2 aromatic rings. The lowest BCUT2D eigenvalue weighted by Crippen LogP contribution is -2.27. The van der Waals surface area contributed by atoms with E-state index < -0.39 is 0 Å². The highest BCUT2D eigenvalue weighted by Gasteiger charge is 2.11. The van der Waals surface area contributed by atoms with Crippen LogP contribution in [0.15, 0.2) is 36.4 Å². The van der Waals surface area contributed by atoms with Crippen molar-refractivity contribution in [2.75, 3.05) is 19.0 Å². The van der Waals surface area contributed by atoms with Crippen LogP contribution in [-0.2, 0) is 11.3 Å². The largest absolute Gasteiger partial charge is 0.495 e. The maximum atomic E-state index is 12.1. The number of halogens is 2. The van der Waals surface area contributed by atoms with Gasteiger partial charge in [-0.05, 0) is 36.2 Å². The molecule has 0 radical (unpaired) electrons. The number of rotatable bonds is 7. The Morgan fingerprint density at radius 1 is 1.19 bits per heavy atom. The van der Waals surface area contributed by atoms with E-state index in [2.05, 4.69) is 10.6 Å². The van der Waals surface area contributed by atoms with E-state index in [1.54, 1.807) is 36.4 Å². The van der Waals surface area contributed by atoms with Crippen LogP contribution >= 0.6 is 24.0 Å². The van der Waals surface area contributed by atoms with Crippen LogP contribution in [0.25, 0.3) is 0 Å². The molecule has 0 saturated carbocycles. The third kappa shape index (κ3) is 6.43. The first-order valence-corrected chi connectivity index (χ1v) is 8.53. The van der Waals surface area contributed by atoms with Crippen molar-refractivity contribution in [3.05, 3.63) is 58.1 Å². The molecule has 0 aromatic heterocycles. The third-order valence-electron chi connectivity index (χ3n) is 3.84. The molecular weight excluding hydrogens is 389 g/mol. The summed E-state index contributed by atoms with van der Waals surface area (Å²) in [7, 11) is 1.51. The van der Waals surface area contributed by atoms with E-state index in [1.807, 2.05) is 6.92 Å². The van der Waals surface area contributed by atoms with Gasteiger partial charge in [-0.2, -0.15) is 0 Å². The lowest BCUT2D eigenvalue weighted by Gasteiger charge is -2.12. The topological polar surface area (TPSA) is 93.5 Å². The molecular formula is C19H23Cl2N3O3. The zero-order valence-corrected chi connectivity index (χ0v) is 16.7. The van der Waals surface area contributed by atoms with Crippen molar-refractivity contribution in [2.24, 2.45) is 5.73 Å². The third-order valence-corrected chi connectivity index (χ3v) is 4.25. The van der Waals surface area contributed by atoms with Gasteiger partial charge in [-0.15, -0.1) is 12.4 Å². The second-order valence-electron chi connectivity index (χ2n) is 5.76. The first-order valence-electron chi connectivity index (χ1n) is 8.15. The molecule has 0 fully saturated rings. The highest BCUT2D eigenvalue weighted by atomic mass is 35.5. The molecule has 146 valence electrons. The van der Waals surface area contributed by atoms with E-state index >= 15 is 0 Å². The van der Waals surface area contributed by atoms with Crippen LogP contribution in [0.5, 0.6) is 5.75 Å². The Labute approximate surface area is 169 Å². The first kappa shape index (κ1) is 22.8. The van der Waals surface area contributed by atoms with Crippen molar-refractivity contribution in [1.82, 2.24) is 5.32 Å². The van der Waals surface area contributed by atoms with E-state index in [0.717, 1.165) is 11.1 Å². The molecule has 2 rings (SSSR count). The quantitative estimate of drug-likeness (QED) is 0.651. The molecule has 0 aliphatic rings. The maximum Gasteiger partial charge on any atom is 0.251 e. The van der Waals surface area contributed by atoms with Gasteiger partial charge in [0.2, 0.25) is 5.91 Å². The minimum absolute atomic E-state index is 0. The van der Waals surface area contributed by atoms with Crippen molar-refractivity contribution in [1.29, 1.82) is 0 Å². The van der Waals surface area contributed by atoms with Gasteiger partial charge in [0, 0.05) is 36.2 Å². The fraction of sp³-hybridized carbons (Fsp3) is 0.263. The molecule has 0 atom stereocenters. The Morgan fingerprint density at radius 2 is 1.85 bits per heavy atom. The first-order chi connectivity index (χ1) is 12.4. The van der Waals surface area contributed by atoms with E-state index in [9.17, 15) is 9.59 Å². The Kier molecular flexibility index (Phi) is 9.08. The monoisotopic (exact) mass is 411 g/mol. The number of hydrogen-bond donors (Lipinski definition) is 3. The summed E-state index contributed by atoms with van der Waals surface area (Å²) < 4.78 is 5.22. The van der Waals surface area contributed by atoms with Crippen LogP contribution < -0.4 is 21.1 Å². The van der Waals surface area contributed by atoms with Crippen molar-refractivity contribution in [2.45, 2.75) is 19.9 Å². The molecule has 0 bridgehead atoms.